The molecule has 1 aromatic rings. The second-order valence-electron chi connectivity index (χ2n) is 8.02. The predicted octanol–water partition coefficient (Wildman–Crippen LogP) is 0.713. The largest absolute Gasteiger partial charge is 0.489 e. The third-order valence-corrected chi connectivity index (χ3v) is 5.53. The fourth-order valence-corrected chi connectivity index (χ4v) is 3.64. The van der Waals surface area contributed by atoms with Gasteiger partial charge in [-0.15, -0.1) is 0 Å². The van der Waals surface area contributed by atoms with Crippen LogP contribution in [0.1, 0.15) is 30.6 Å². The molecule has 0 aromatic heterocycles. The number of rotatable bonds is 3. The number of benzene rings is 1. The molecule has 3 rings (SSSR count). The molecule has 152 valence electrons. The molecule has 8 heteroatoms. The Morgan fingerprint density at radius 2 is 2.04 bits per heavy atom. The number of nitrogens with one attached hydrogen (secondary N) is 1. The van der Waals surface area contributed by atoms with Crippen molar-refractivity contribution in [3.8, 4) is 5.75 Å². The van der Waals surface area contributed by atoms with Crippen LogP contribution < -0.4 is 15.0 Å². The average molecular weight is 388 g/mol. The van der Waals surface area contributed by atoms with Crippen LogP contribution in [0.2, 0.25) is 0 Å². The first-order valence-electron chi connectivity index (χ1n) is 9.43. The molecule has 0 saturated carbocycles. The summed E-state index contributed by atoms with van der Waals surface area (Å²) in [6.07, 6.45) is 0.235. The monoisotopic (exact) mass is 388 g/mol. The summed E-state index contributed by atoms with van der Waals surface area (Å²) < 4.78 is 5.85. The molecule has 0 spiro atoms. The van der Waals surface area contributed by atoms with E-state index in [1.54, 1.807) is 51.0 Å². The van der Waals surface area contributed by atoms with Crippen molar-refractivity contribution in [1.82, 2.24) is 15.1 Å². The number of ether oxygens (including phenoxy) is 1. The van der Waals surface area contributed by atoms with E-state index in [4.69, 9.17) is 4.74 Å². The maximum atomic E-state index is 13.0. The minimum Gasteiger partial charge on any atom is -0.489 e. The van der Waals surface area contributed by atoms with Crippen molar-refractivity contribution in [1.29, 1.82) is 0 Å². The summed E-state index contributed by atoms with van der Waals surface area (Å²) in [7, 11) is 5.32. The Morgan fingerprint density at radius 3 is 2.71 bits per heavy atom. The van der Waals surface area contributed by atoms with E-state index in [0.717, 1.165) is 5.69 Å². The van der Waals surface area contributed by atoms with Gasteiger partial charge in [-0.1, -0.05) is 0 Å². The quantitative estimate of drug-likeness (QED) is 0.825. The minimum absolute atomic E-state index is 0.0794. The SMILES string of the molecule is CN(C)C(=O)c1ccc2c(c1)N(C)C(CC(=O)N1CCNC(=O)C1(C)C)CO2. The van der Waals surface area contributed by atoms with Gasteiger partial charge in [-0.3, -0.25) is 14.4 Å². The van der Waals surface area contributed by atoms with Crippen LogP contribution >= 0.6 is 0 Å². The zero-order chi connectivity index (χ0) is 20.6. The average Bonchev–Trinajstić information content (AvgIpc) is 2.65. The molecule has 1 atom stereocenters. The Labute approximate surface area is 165 Å². The molecule has 1 unspecified atom stereocenters. The lowest BCUT2D eigenvalue weighted by molar-refractivity contribution is -0.149. The van der Waals surface area contributed by atoms with Gasteiger partial charge in [0.05, 0.1) is 18.2 Å². The van der Waals surface area contributed by atoms with Crippen LogP contribution in [-0.2, 0) is 9.59 Å². The molecular weight excluding hydrogens is 360 g/mol. The summed E-state index contributed by atoms with van der Waals surface area (Å²) in [5.41, 5.74) is 0.486. The molecule has 2 aliphatic rings. The number of hydrogen-bond acceptors (Lipinski definition) is 5. The smallest absolute Gasteiger partial charge is 0.253 e. The molecule has 1 aromatic carbocycles. The van der Waals surface area contributed by atoms with Crippen molar-refractivity contribution in [3.05, 3.63) is 23.8 Å². The maximum Gasteiger partial charge on any atom is 0.253 e. The fraction of sp³-hybridized carbons (Fsp3) is 0.550. The summed E-state index contributed by atoms with van der Waals surface area (Å²) in [6.45, 7) is 4.84. The molecule has 0 radical (unpaired) electrons. The zero-order valence-corrected chi connectivity index (χ0v) is 17.1. The van der Waals surface area contributed by atoms with Gasteiger partial charge in [-0.2, -0.15) is 0 Å². The Bertz CT molecular complexity index is 805. The zero-order valence-electron chi connectivity index (χ0n) is 17.1. The lowest BCUT2D eigenvalue weighted by atomic mass is 9.97. The van der Waals surface area contributed by atoms with Crippen molar-refractivity contribution in [3.63, 3.8) is 0 Å². The summed E-state index contributed by atoms with van der Waals surface area (Å²) in [5.74, 6) is 0.386. The van der Waals surface area contributed by atoms with Gasteiger partial charge in [0.15, 0.2) is 0 Å². The maximum absolute atomic E-state index is 13.0. The van der Waals surface area contributed by atoms with Gasteiger partial charge in [0.25, 0.3) is 5.91 Å². The van der Waals surface area contributed by atoms with Crippen molar-refractivity contribution in [2.24, 2.45) is 0 Å². The van der Waals surface area contributed by atoms with E-state index in [-0.39, 0.29) is 30.2 Å². The van der Waals surface area contributed by atoms with E-state index in [1.165, 1.54) is 4.90 Å². The van der Waals surface area contributed by atoms with E-state index in [2.05, 4.69) is 5.32 Å². The van der Waals surface area contributed by atoms with Crippen LogP contribution in [0.25, 0.3) is 0 Å². The normalized spacial score (nSPS) is 20.8. The topological polar surface area (TPSA) is 82.2 Å². The van der Waals surface area contributed by atoms with Crippen LogP contribution in [0.4, 0.5) is 5.69 Å². The predicted molar refractivity (Wildman–Crippen MR) is 106 cm³/mol. The Hall–Kier alpha value is -2.77. The van der Waals surface area contributed by atoms with E-state index in [1.807, 2.05) is 11.9 Å². The molecular formula is C20H28N4O4. The van der Waals surface area contributed by atoms with E-state index in [0.29, 0.717) is 31.0 Å². The van der Waals surface area contributed by atoms with Gasteiger partial charge in [0.2, 0.25) is 11.8 Å². The summed E-state index contributed by atoms with van der Waals surface area (Å²) >= 11 is 0. The molecule has 2 heterocycles. The highest BCUT2D eigenvalue weighted by Crippen LogP contribution is 2.35. The van der Waals surface area contributed by atoms with E-state index in [9.17, 15) is 14.4 Å². The molecule has 8 nitrogen and oxygen atoms in total. The first-order valence-corrected chi connectivity index (χ1v) is 9.43. The number of amides is 3. The summed E-state index contributed by atoms with van der Waals surface area (Å²) in [5, 5.41) is 2.80. The molecule has 0 aliphatic carbocycles. The van der Waals surface area contributed by atoms with Crippen molar-refractivity contribution < 1.29 is 19.1 Å². The van der Waals surface area contributed by atoms with Gasteiger partial charge >= 0.3 is 0 Å². The highest BCUT2D eigenvalue weighted by atomic mass is 16.5. The molecule has 2 aliphatic heterocycles. The standard InChI is InChI=1S/C20H28N4O4/c1-20(2)19(27)21-8-9-24(20)17(25)11-14-12-28-16-7-6-13(18(26)22(3)4)10-15(16)23(14)5/h6-7,10,14H,8-9,11-12H2,1-5H3,(H,21,27). The third kappa shape index (κ3) is 3.50. The first kappa shape index (κ1) is 20.0. The van der Waals surface area contributed by atoms with Gasteiger partial charge in [-0.25, -0.2) is 0 Å². The Balaban J connectivity index is 1.77. The second kappa shape index (κ2) is 7.33. The van der Waals surface area contributed by atoms with Gasteiger partial charge < -0.3 is 24.8 Å². The van der Waals surface area contributed by atoms with E-state index >= 15 is 0 Å². The number of hydrogen-bond donors (Lipinski definition) is 1. The molecule has 3 amide bonds. The van der Waals surface area contributed by atoms with Crippen LogP contribution in [0.5, 0.6) is 5.75 Å². The summed E-state index contributed by atoms with van der Waals surface area (Å²) in [4.78, 5) is 42.5. The first-order chi connectivity index (χ1) is 13.1. The van der Waals surface area contributed by atoms with Crippen molar-refractivity contribution in [2.75, 3.05) is 45.7 Å². The molecule has 1 saturated heterocycles. The second-order valence-corrected chi connectivity index (χ2v) is 8.02. The van der Waals surface area contributed by atoms with E-state index < -0.39 is 5.54 Å². The highest BCUT2D eigenvalue weighted by Gasteiger charge is 2.41. The third-order valence-electron chi connectivity index (χ3n) is 5.53. The van der Waals surface area contributed by atoms with Crippen LogP contribution in [-0.4, -0.2) is 79.9 Å². The number of nitrogens with zero attached hydrogens (tertiary/aromatic N) is 3. The number of carbonyl (C=O) groups is 3. The number of carbonyl (C=O) groups excluding carboxylic acids is 3. The fourth-order valence-electron chi connectivity index (χ4n) is 3.64. The van der Waals surface area contributed by atoms with Crippen molar-refractivity contribution in [2.45, 2.75) is 31.8 Å². The van der Waals surface area contributed by atoms with Gasteiger partial charge in [0.1, 0.15) is 17.9 Å². The number of fused-ring (bicyclic) bond motifs is 1. The van der Waals surface area contributed by atoms with Gasteiger partial charge in [0, 0.05) is 39.8 Å². The van der Waals surface area contributed by atoms with Crippen LogP contribution in [0, 0.1) is 0 Å². The molecule has 0 bridgehead atoms. The highest BCUT2D eigenvalue weighted by molar-refractivity contribution is 5.95. The number of anilines is 1. The number of likely N-dealkylation sites (N-methyl/N-ethyl adjacent to an activating group) is 1. The lowest BCUT2D eigenvalue weighted by Crippen LogP contribution is -2.64. The number of piperazine rings is 1. The Morgan fingerprint density at radius 1 is 1.32 bits per heavy atom. The van der Waals surface area contributed by atoms with Crippen molar-refractivity contribution >= 4 is 23.4 Å². The van der Waals surface area contributed by atoms with Crippen LogP contribution in [0.15, 0.2) is 18.2 Å². The molecule has 28 heavy (non-hydrogen) atoms. The minimum atomic E-state index is -0.868. The molecule has 1 fully saturated rings. The molecule has 1 N–H and O–H groups in total. The lowest BCUT2D eigenvalue weighted by Gasteiger charge is -2.43. The van der Waals surface area contributed by atoms with Gasteiger partial charge in [-0.05, 0) is 32.0 Å². The van der Waals surface area contributed by atoms with Crippen LogP contribution in [0.3, 0.4) is 0 Å². The summed E-state index contributed by atoms with van der Waals surface area (Å²) in [6, 6.07) is 5.16. The Kier molecular flexibility index (Phi) is 5.23.